The van der Waals surface area contributed by atoms with Gasteiger partial charge in [-0.1, -0.05) is 33.1 Å². The van der Waals surface area contributed by atoms with Gasteiger partial charge in [-0.3, -0.25) is 4.99 Å². The van der Waals surface area contributed by atoms with Crippen LogP contribution in [0.3, 0.4) is 0 Å². The summed E-state index contributed by atoms with van der Waals surface area (Å²) in [7, 11) is 4.00. The predicted molar refractivity (Wildman–Crippen MR) is 86.2 cm³/mol. The average molecular weight is 283 g/mol. The van der Waals surface area contributed by atoms with Gasteiger partial charge in [0.1, 0.15) is 0 Å². The molecule has 0 radical (unpaired) electrons. The maximum Gasteiger partial charge on any atom is 0.193 e. The van der Waals surface area contributed by atoms with Gasteiger partial charge in [0.2, 0.25) is 0 Å². The van der Waals surface area contributed by atoms with Crippen LogP contribution in [0.15, 0.2) is 4.99 Å². The van der Waals surface area contributed by atoms with E-state index in [2.05, 4.69) is 36.1 Å². The van der Waals surface area contributed by atoms with Gasteiger partial charge in [-0.25, -0.2) is 0 Å². The molecule has 0 spiro atoms. The molecule has 0 bridgehead atoms. The van der Waals surface area contributed by atoms with Crippen LogP contribution in [0.5, 0.6) is 0 Å². The SMILES string of the molecule is CCCCC(CC)CNC(=NC)N(C)CC1CCOC1. The molecule has 1 N–H and O–H groups in total. The number of nitrogens with one attached hydrogen (secondary N) is 1. The average Bonchev–Trinajstić information content (AvgIpc) is 2.95. The van der Waals surface area contributed by atoms with E-state index in [-0.39, 0.29) is 0 Å². The van der Waals surface area contributed by atoms with E-state index in [1.54, 1.807) is 0 Å². The third-order valence-electron chi connectivity index (χ3n) is 4.22. The molecule has 0 saturated carbocycles. The van der Waals surface area contributed by atoms with E-state index in [1.807, 2.05) is 7.05 Å². The first-order valence-corrected chi connectivity index (χ1v) is 8.20. The quantitative estimate of drug-likeness (QED) is 0.550. The number of rotatable bonds is 8. The van der Waals surface area contributed by atoms with Crippen molar-refractivity contribution in [1.29, 1.82) is 0 Å². The number of nitrogens with zero attached hydrogens (tertiary/aromatic N) is 2. The molecule has 4 nitrogen and oxygen atoms in total. The van der Waals surface area contributed by atoms with Crippen molar-refractivity contribution in [2.45, 2.75) is 46.0 Å². The number of guanidine groups is 1. The summed E-state index contributed by atoms with van der Waals surface area (Å²) < 4.78 is 5.44. The second-order valence-corrected chi connectivity index (χ2v) is 5.95. The Kier molecular flexibility index (Phi) is 8.67. The zero-order valence-electron chi connectivity index (χ0n) is 13.8. The minimum absolute atomic E-state index is 0.653. The number of hydrogen-bond acceptors (Lipinski definition) is 2. The Morgan fingerprint density at radius 2 is 2.25 bits per heavy atom. The smallest absolute Gasteiger partial charge is 0.193 e. The van der Waals surface area contributed by atoms with Crippen LogP contribution in [0.1, 0.15) is 46.0 Å². The van der Waals surface area contributed by atoms with Crippen molar-refractivity contribution < 1.29 is 4.74 Å². The lowest BCUT2D eigenvalue weighted by molar-refractivity contribution is 0.181. The molecule has 118 valence electrons. The van der Waals surface area contributed by atoms with Gasteiger partial charge >= 0.3 is 0 Å². The number of unbranched alkanes of at least 4 members (excludes halogenated alkanes) is 1. The molecule has 1 saturated heterocycles. The van der Waals surface area contributed by atoms with Crippen molar-refractivity contribution in [2.24, 2.45) is 16.8 Å². The van der Waals surface area contributed by atoms with E-state index in [9.17, 15) is 0 Å². The summed E-state index contributed by atoms with van der Waals surface area (Å²) >= 11 is 0. The molecular weight excluding hydrogens is 250 g/mol. The van der Waals surface area contributed by atoms with E-state index >= 15 is 0 Å². The minimum Gasteiger partial charge on any atom is -0.381 e. The van der Waals surface area contributed by atoms with Gasteiger partial charge in [-0.15, -0.1) is 0 Å². The van der Waals surface area contributed by atoms with E-state index in [0.29, 0.717) is 5.92 Å². The second kappa shape index (κ2) is 10.0. The topological polar surface area (TPSA) is 36.9 Å². The van der Waals surface area contributed by atoms with Gasteiger partial charge in [-0.05, 0) is 18.8 Å². The Balaban J connectivity index is 2.33. The van der Waals surface area contributed by atoms with E-state index in [1.165, 1.54) is 32.1 Å². The fraction of sp³-hybridized carbons (Fsp3) is 0.938. The molecule has 1 rings (SSSR count). The summed E-state index contributed by atoms with van der Waals surface area (Å²) in [6.07, 6.45) is 6.34. The maximum atomic E-state index is 5.44. The van der Waals surface area contributed by atoms with Gasteiger partial charge < -0.3 is 15.0 Å². The largest absolute Gasteiger partial charge is 0.381 e. The second-order valence-electron chi connectivity index (χ2n) is 5.95. The molecule has 20 heavy (non-hydrogen) atoms. The number of ether oxygens (including phenoxy) is 1. The molecule has 2 atom stereocenters. The van der Waals surface area contributed by atoms with Crippen molar-refractivity contribution >= 4 is 5.96 Å². The summed E-state index contributed by atoms with van der Waals surface area (Å²) in [5.74, 6) is 2.43. The van der Waals surface area contributed by atoms with Gasteiger partial charge in [-0.2, -0.15) is 0 Å². The molecule has 0 aromatic carbocycles. The molecule has 2 unspecified atom stereocenters. The fourth-order valence-electron chi connectivity index (χ4n) is 2.76. The lowest BCUT2D eigenvalue weighted by Crippen LogP contribution is -2.43. The van der Waals surface area contributed by atoms with Crippen LogP contribution in [0.25, 0.3) is 0 Å². The van der Waals surface area contributed by atoms with E-state index in [0.717, 1.165) is 38.2 Å². The van der Waals surface area contributed by atoms with Crippen LogP contribution in [-0.4, -0.2) is 51.3 Å². The Bertz CT molecular complexity index is 275. The lowest BCUT2D eigenvalue weighted by Gasteiger charge is -2.26. The van der Waals surface area contributed by atoms with Crippen LogP contribution in [0.2, 0.25) is 0 Å². The first kappa shape index (κ1) is 17.3. The van der Waals surface area contributed by atoms with Crippen LogP contribution >= 0.6 is 0 Å². The molecule has 0 aromatic heterocycles. The van der Waals surface area contributed by atoms with Crippen LogP contribution in [0.4, 0.5) is 0 Å². The van der Waals surface area contributed by atoms with E-state index < -0.39 is 0 Å². The Hall–Kier alpha value is -0.770. The van der Waals surface area contributed by atoms with Crippen molar-refractivity contribution in [3.8, 4) is 0 Å². The standard InChI is InChI=1S/C16H33N3O/c1-5-7-8-14(6-2)11-18-16(17-3)19(4)12-15-9-10-20-13-15/h14-15H,5-13H2,1-4H3,(H,17,18). The molecule has 4 heteroatoms. The van der Waals surface area contributed by atoms with Crippen molar-refractivity contribution in [3.05, 3.63) is 0 Å². The molecule has 1 fully saturated rings. The van der Waals surface area contributed by atoms with Crippen LogP contribution in [0, 0.1) is 11.8 Å². The normalized spacial score (nSPS) is 21.0. The summed E-state index contributed by atoms with van der Waals surface area (Å²) in [6.45, 7) is 8.43. The molecule has 0 amide bonds. The molecular formula is C16H33N3O. The molecule has 0 aromatic rings. The maximum absolute atomic E-state index is 5.44. The molecule has 1 aliphatic heterocycles. The molecule has 0 aliphatic carbocycles. The van der Waals surface area contributed by atoms with Crippen molar-refractivity contribution in [3.63, 3.8) is 0 Å². The van der Waals surface area contributed by atoms with Gasteiger partial charge in [0.15, 0.2) is 5.96 Å². The molecule has 1 aliphatic rings. The summed E-state index contributed by atoms with van der Waals surface area (Å²) in [5, 5.41) is 3.54. The Labute approximate surface area is 125 Å². The first-order chi connectivity index (χ1) is 9.71. The van der Waals surface area contributed by atoms with Crippen molar-refractivity contribution in [1.82, 2.24) is 10.2 Å². The molecule has 1 heterocycles. The van der Waals surface area contributed by atoms with Gasteiger partial charge in [0.05, 0.1) is 6.61 Å². The summed E-state index contributed by atoms with van der Waals surface area (Å²) in [4.78, 5) is 6.65. The highest BCUT2D eigenvalue weighted by molar-refractivity contribution is 5.79. The summed E-state index contributed by atoms with van der Waals surface area (Å²) in [6, 6.07) is 0. The third kappa shape index (κ3) is 6.12. The summed E-state index contributed by atoms with van der Waals surface area (Å²) in [5.41, 5.74) is 0. The Morgan fingerprint density at radius 3 is 2.80 bits per heavy atom. The van der Waals surface area contributed by atoms with Crippen LogP contribution < -0.4 is 5.32 Å². The highest BCUT2D eigenvalue weighted by atomic mass is 16.5. The van der Waals surface area contributed by atoms with E-state index in [4.69, 9.17) is 4.74 Å². The lowest BCUT2D eigenvalue weighted by atomic mass is 9.99. The zero-order chi connectivity index (χ0) is 14.8. The first-order valence-electron chi connectivity index (χ1n) is 8.20. The van der Waals surface area contributed by atoms with Crippen LogP contribution in [-0.2, 0) is 4.74 Å². The highest BCUT2D eigenvalue weighted by Gasteiger charge is 2.19. The number of aliphatic imine (C=N–C) groups is 1. The third-order valence-corrected chi connectivity index (χ3v) is 4.22. The van der Waals surface area contributed by atoms with Crippen molar-refractivity contribution in [2.75, 3.05) is 40.4 Å². The highest BCUT2D eigenvalue weighted by Crippen LogP contribution is 2.14. The predicted octanol–water partition coefficient (Wildman–Crippen LogP) is 2.75. The zero-order valence-corrected chi connectivity index (χ0v) is 13.8. The fourth-order valence-corrected chi connectivity index (χ4v) is 2.76. The Morgan fingerprint density at radius 1 is 1.45 bits per heavy atom. The van der Waals surface area contributed by atoms with Gasteiger partial charge in [0.25, 0.3) is 0 Å². The minimum atomic E-state index is 0.653. The monoisotopic (exact) mass is 283 g/mol. The van der Waals surface area contributed by atoms with Gasteiger partial charge in [0, 0.05) is 39.7 Å². The number of hydrogen-bond donors (Lipinski definition) is 1.